The number of benzene rings is 1. The van der Waals surface area contributed by atoms with Crippen LogP contribution in [0.4, 0.5) is 0 Å². The van der Waals surface area contributed by atoms with E-state index in [1.165, 1.54) is 0 Å². The molecular formula is C10H9OUWY-3. The van der Waals surface area contributed by atoms with Crippen LogP contribution in [0.2, 0.25) is 0 Å². The number of hydrogen-bond acceptors (Lipinski definition) is 1. The monoisotopic (exact) mass is 656 g/mol. The molecule has 0 aromatic heterocycles. The molecule has 1 aromatic rings. The standard InChI is InChI=1S/C10H9O.U.W.Y/c1-8-5-3-4-6-10(8)9(2)7-11;;;/h4-5,9H,1-2H3;;;/q-3;;;. The topological polar surface area (TPSA) is 17.1 Å². The maximum absolute atomic E-state index is 10.3. The first-order chi connectivity index (χ1) is 5.25. The van der Waals surface area contributed by atoms with Crippen molar-refractivity contribution in [1.82, 2.24) is 0 Å². The Hall–Kier alpha value is 1.73. The Labute approximate surface area is 149 Å². The molecule has 0 saturated heterocycles. The van der Waals surface area contributed by atoms with Gasteiger partial charge in [-0.05, 0) is 0 Å². The first kappa shape index (κ1) is 21.1. The zero-order valence-electron chi connectivity index (χ0n) is 8.13. The Morgan fingerprint density at radius 3 is 2.50 bits per heavy atom. The number of aryl methyl sites for hydroxylation is 1. The average molecular weight is 656 g/mol. The summed E-state index contributed by atoms with van der Waals surface area (Å²) >= 11 is 0. The molecule has 71 valence electrons. The summed E-state index contributed by atoms with van der Waals surface area (Å²) in [7, 11) is 0. The van der Waals surface area contributed by atoms with E-state index in [0.717, 1.165) is 11.1 Å². The van der Waals surface area contributed by atoms with E-state index < -0.39 is 0 Å². The molecule has 0 saturated carbocycles. The molecule has 0 fully saturated rings. The fourth-order valence-electron chi connectivity index (χ4n) is 1.00. The van der Waals surface area contributed by atoms with Crippen molar-refractivity contribution >= 4 is 6.29 Å². The summed E-state index contributed by atoms with van der Waals surface area (Å²) in [5, 5.41) is 0. The van der Waals surface area contributed by atoms with E-state index in [0.29, 0.717) is 0 Å². The maximum Gasteiger partial charge on any atom is 0 e. The molecule has 0 spiro atoms. The quantitative estimate of drug-likeness (QED) is 0.445. The number of carbonyl (C=O) groups excluding carboxylic acids is 1. The van der Waals surface area contributed by atoms with Crippen LogP contribution in [0.25, 0.3) is 0 Å². The van der Waals surface area contributed by atoms with Crippen LogP contribution in [0.3, 0.4) is 0 Å². The van der Waals surface area contributed by atoms with E-state index in [1.54, 1.807) is 6.07 Å². The van der Waals surface area contributed by atoms with E-state index in [2.05, 4.69) is 12.1 Å². The van der Waals surface area contributed by atoms with Gasteiger partial charge < -0.3 is 28.6 Å². The average Bonchev–Trinajstić information content (AvgIpc) is 2.04. The van der Waals surface area contributed by atoms with Crippen LogP contribution in [-0.4, -0.2) is 6.29 Å². The van der Waals surface area contributed by atoms with Crippen molar-refractivity contribution in [2.75, 3.05) is 0 Å². The molecule has 14 heavy (non-hydrogen) atoms. The van der Waals surface area contributed by atoms with Crippen molar-refractivity contribution in [3.8, 4) is 0 Å². The third-order valence-corrected chi connectivity index (χ3v) is 1.65. The molecule has 0 bridgehead atoms. The molecule has 1 unspecified atom stereocenters. The van der Waals surface area contributed by atoms with Crippen molar-refractivity contribution in [3.05, 3.63) is 35.4 Å². The van der Waals surface area contributed by atoms with Gasteiger partial charge in [0.1, 0.15) is 0 Å². The molecule has 0 aliphatic heterocycles. The Balaban J connectivity index is -0.000000403. The van der Waals surface area contributed by atoms with Crippen LogP contribution in [-0.2, 0) is 58.6 Å². The van der Waals surface area contributed by atoms with Gasteiger partial charge in [-0.1, -0.05) is 6.92 Å². The molecule has 0 amide bonds. The van der Waals surface area contributed by atoms with Gasteiger partial charge in [-0.3, -0.25) is 17.9 Å². The Morgan fingerprint density at radius 2 is 2.07 bits per heavy atom. The minimum Gasteiger partial charge on any atom is -0.541 e. The normalized spacial score (nSPS) is 9.86. The molecule has 0 aliphatic rings. The SMILES string of the molecule is Cc1c[c-]c[c-]c1C(C)[C-]=O.[U].[W].[Y]. The predicted octanol–water partition coefficient (Wildman–Crippen LogP) is 1.80. The van der Waals surface area contributed by atoms with Crippen LogP contribution in [0.5, 0.6) is 0 Å². The van der Waals surface area contributed by atoms with Gasteiger partial charge in [0.15, 0.2) is 0 Å². The third-order valence-electron chi connectivity index (χ3n) is 1.65. The van der Waals surface area contributed by atoms with E-state index in [-0.39, 0.29) is 90.8 Å². The van der Waals surface area contributed by atoms with Gasteiger partial charge in [-0.2, -0.15) is 5.92 Å². The Bertz CT molecular complexity index is 268. The molecule has 1 rings (SSSR count). The molecule has 1 nitrogen and oxygen atoms in total. The van der Waals surface area contributed by atoms with E-state index in [4.69, 9.17) is 0 Å². The molecule has 1 atom stereocenters. The third kappa shape index (κ3) is 6.35. The van der Waals surface area contributed by atoms with E-state index in [1.807, 2.05) is 26.2 Å². The summed E-state index contributed by atoms with van der Waals surface area (Å²) < 4.78 is 0. The molecule has 4 heteroatoms. The van der Waals surface area contributed by atoms with Gasteiger partial charge in [0, 0.05) is 84.9 Å². The van der Waals surface area contributed by atoms with Gasteiger partial charge in [0.25, 0.3) is 0 Å². The van der Waals surface area contributed by atoms with Crippen LogP contribution < -0.4 is 0 Å². The fraction of sp³-hybridized carbons (Fsp3) is 0.300. The van der Waals surface area contributed by atoms with Crippen LogP contribution in [0.1, 0.15) is 24.0 Å². The first-order valence-electron chi connectivity index (χ1n) is 3.51. The van der Waals surface area contributed by atoms with Gasteiger partial charge in [-0.25, -0.2) is 0 Å². The fourth-order valence-corrected chi connectivity index (χ4v) is 1.00. The van der Waals surface area contributed by atoms with Gasteiger partial charge in [0.05, 0.1) is 0 Å². The zero-order chi connectivity index (χ0) is 8.27. The smallest absolute Gasteiger partial charge is 0 e. The van der Waals surface area contributed by atoms with Gasteiger partial charge in [-0.15, -0.1) is 6.92 Å². The Morgan fingerprint density at radius 1 is 1.50 bits per heavy atom. The maximum atomic E-state index is 10.3. The van der Waals surface area contributed by atoms with Crippen molar-refractivity contribution in [2.24, 2.45) is 0 Å². The first-order valence-corrected chi connectivity index (χ1v) is 3.51. The second kappa shape index (κ2) is 11.2. The van der Waals surface area contributed by atoms with Crippen molar-refractivity contribution in [2.45, 2.75) is 19.8 Å². The second-order valence-electron chi connectivity index (χ2n) is 2.54. The molecule has 1 radical (unpaired) electrons. The van der Waals surface area contributed by atoms with Crippen LogP contribution >= 0.6 is 0 Å². The minimum atomic E-state index is -0.176. The molecule has 0 heterocycles. The summed E-state index contributed by atoms with van der Waals surface area (Å²) in [6.45, 7) is 3.75. The van der Waals surface area contributed by atoms with Crippen LogP contribution in [0, 0.1) is 50.2 Å². The second-order valence-corrected chi connectivity index (χ2v) is 2.54. The summed E-state index contributed by atoms with van der Waals surface area (Å²) in [4.78, 5) is 10.3. The molecular weight excluding hydrogens is 647 g/mol. The molecule has 0 aliphatic carbocycles. The van der Waals surface area contributed by atoms with E-state index >= 15 is 0 Å². The Kier molecular flexibility index (Phi) is 16.9. The summed E-state index contributed by atoms with van der Waals surface area (Å²) in [6.07, 6.45) is 1.93. The summed E-state index contributed by atoms with van der Waals surface area (Å²) in [5.41, 5.74) is 1.96. The number of rotatable bonds is 2. The van der Waals surface area contributed by atoms with E-state index in [9.17, 15) is 4.79 Å². The predicted molar refractivity (Wildman–Crippen MR) is 43.0 cm³/mol. The summed E-state index contributed by atoms with van der Waals surface area (Å²) in [6, 6.07) is 9.40. The number of hydrogen-bond donors (Lipinski definition) is 0. The van der Waals surface area contributed by atoms with Crippen LogP contribution in [0.15, 0.2) is 12.1 Å². The minimum absolute atomic E-state index is 0. The molecule has 0 N–H and O–H groups in total. The van der Waals surface area contributed by atoms with Gasteiger partial charge in [0.2, 0.25) is 0 Å². The van der Waals surface area contributed by atoms with Crippen molar-refractivity contribution < 1.29 is 89.7 Å². The molecule has 1 aromatic carbocycles. The summed E-state index contributed by atoms with van der Waals surface area (Å²) in [5.74, 6) is -0.176. The van der Waals surface area contributed by atoms with Crippen molar-refractivity contribution in [1.29, 1.82) is 0 Å². The van der Waals surface area contributed by atoms with Gasteiger partial charge >= 0.3 is 0 Å². The van der Waals surface area contributed by atoms with Crippen molar-refractivity contribution in [3.63, 3.8) is 0 Å². The largest absolute Gasteiger partial charge is 0.541 e. The zero-order valence-corrected chi connectivity index (χ0v) is 18.1.